The minimum Gasteiger partial charge on any atom is -0.395 e. The number of aliphatic hydroxyl groups excluding tert-OH is 1. The van der Waals surface area contributed by atoms with Crippen molar-refractivity contribution >= 4 is 0 Å². The fraction of sp³-hybridized carbons (Fsp3) is 1.00. The van der Waals surface area contributed by atoms with Crippen molar-refractivity contribution in [1.82, 2.24) is 10.2 Å². The molecular weight excluding hydrogens is 212 g/mol. The van der Waals surface area contributed by atoms with Gasteiger partial charge in [0.25, 0.3) is 0 Å². The van der Waals surface area contributed by atoms with E-state index in [1.165, 1.54) is 38.9 Å². The number of rotatable bonds is 7. The fourth-order valence-electron chi connectivity index (χ4n) is 2.83. The lowest BCUT2D eigenvalue weighted by molar-refractivity contribution is 0.137. The molecule has 0 radical (unpaired) electrons. The maximum absolute atomic E-state index is 9.24. The normalized spacial score (nSPS) is 25.8. The summed E-state index contributed by atoms with van der Waals surface area (Å²) >= 11 is 0. The summed E-state index contributed by atoms with van der Waals surface area (Å²) in [6, 6.07) is 0.790. The molecule has 1 aliphatic rings. The van der Waals surface area contributed by atoms with Gasteiger partial charge in [-0.05, 0) is 51.6 Å². The minimum absolute atomic E-state index is 0.256. The van der Waals surface area contributed by atoms with Gasteiger partial charge >= 0.3 is 0 Å². The Morgan fingerprint density at radius 1 is 1.41 bits per heavy atom. The van der Waals surface area contributed by atoms with Crippen LogP contribution >= 0.6 is 0 Å². The van der Waals surface area contributed by atoms with Crippen molar-refractivity contribution in [2.75, 3.05) is 26.2 Å². The first-order chi connectivity index (χ1) is 8.21. The molecule has 2 N–H and O–H groups in total. The lowest BCUT2D eigenvalue weighted by Crippen LogP contribution is -2.48. The first-order valence-electron chi connectivity index (χ1n) is 7.30. The van der Waals surface area contributed by atoms with Crippen LogP contribution in [0.15, 0.2) is 0 Å². The summed E-state index contributed by atoms with van der Waals surface area (Å²) in [6.07, 6.45) is 4.91. The summed E-state index contributed by atoms with van der Waals surface area (Å²) in [4.78, 5) is 2.59. The highest BCUT2D eigenvalue weighted by atomic mass is 16.3. The van der Waals surface area contributed by atoms with E-state index in [0.29, 0.717) is 6.04 Å². The lowest BCUT2D eigenvalue weighted by atomic mass is 9.91. The third-order valence-corrected chi connectivity index (χ3v) is 4.00. The molecule has 0 bridgehead atoms. The van der Waals surface area contributed by atoms with E-state index >= 15 is 0 Å². The minimum atomic E-state index is 0.256. The smallest absolute Gasteiger partial charge is 0.0584 e. The van der Waals surface area contributed by atoms with Crippen LogP contribution in [0.2, 0.25) is 0 Å². The average molecular weight is 242 g/mol. The topological polar surface area (TPSA) is 35.5 Å². The van der Waals surface area contributed by atoms with Crippen LogP contribution in [-0.4, -0.2) is 48.3 Å². The van der Waals surface area contributed by atoms with Crippen molar-refractivity contribution in [1.29, 1.82) is 0 Å². The lowest BCUT2D eigenvalue weighted by Gasteiger charge is -2.37. The molecule has 0 aromatic heterocycles. The van der Waals surface area contributed by atoms with Gasteiger partial charge in [-0.3, -0.25) is 0 Å². The fourth-order valence-corrected chi connectivity index (χ4v) is 2.83. The van der Waals surface area contributed by atoms with Crippen LogP contribution in [0, 0.1) is 5.92 Å². The molecule has 0 saturated carbocycles. The van der Waals surface area contributed by atoms with Gasteiger partial charge in [0.05, 0.1) is 6.61 Å². The van der Waals surface area contributed by atoms with E-state index in [1.54, 1.807) is 0 Å². The van der Waals surface area contributed by atoms with Gasteiger partial charge in [0, 0.05) is 18.6 Å². The van der Waals surface area contributed by atoms with E-state index in [1.807, 2.05) is 0 Å². The second-order valence-electron chi connectivity index (χ2n) is 5.45. The molecule has 1 fully saturated rings. The zero-order chi connectivity index (χ0) is 12.7. The van der Waals surface area contributed by atoms with Crippen LogP contribution < -0.4 is 5.32 Å². The average Bonchev–Trinajstić information content (AvgIpc) is 2.36. The van der Waals surface area contributed by atoms with E-state index in [4.69, 9.17) is 0 Å². The standard InChI is InChI=1S/C14H30N2O/c1-4-8-16-9-6-7-13(10-16)12(3)15-14(5-2)11-17/h12-15,17H,4-11H2,1-3H3/t12?,13?,14-/m0/s1. The zero-order valence-electron chi connectivity index (χ0n) is 11.8. The van der Waals surface area contributed by atoms with Crippen molar-refractivity contribution in [2.45, 2.75) is 58.5 Å². The van der Waals surface area contributed by atoms with E-state index in [2.05, 4.69) is 31.0 Å². The monoisotopic (exact) mass is 242 g/mol. The highest BCUT2D eigenvalue weighted by Gasteiger charge is 2.25. The summed E-state index contributed by atoms with van der Waals surface area (Å²) in [5.74, 6) is 0.746. The van der Waals surface area contributed by atoms with Gasteiger partial charge in [-0.15, -0.1) is 0 Å². The molecule has 2 unspecified atom stereocenters. The Bertz CT molecular complexity index is 193. The van der Waals surface area contributed by atoms with Gasteiger partial charge < -0.3 is 15.3 Å². The second-order valence-corrected chi connectivity index (χ2v) is 5.45. The Morgan fingerprint density at radius 2 is 2.18 bits per heavy atom. The Labute approximate surface area is 107 Å². The number of hydrogen-bond acceptors (Lipinski definition) is 3. The maximum atomic E-state index is 9.24. The van der Waals surface area contributed by atoms with Crippen LogP contribution in [0.3, 0.4) is 0 Å². The molecule has 0 amide bonds. The molecule has 1 heterocycles. The highest BCUT2D eigenvalue weighted by Crippen LogP contribution is 2.20. The van der Waals surface area contributed by atoms with Gasteiger partial charge in [-0.2, -0.15) is 0 Å². The molecule has 3 heteroatoms. The van der Waals surface area contributed by atoms with Crippen LogP contribution in [-0.2, 0) is 0 Å². The molecule has 0 aromatic carbocycles. The SMILES string of the molecule is CCCN1CCCC(C(C)N[C@@H](CC)CO)C1. The third kappa shape index (κ3) is 4.94. The number of hydrogen-bond donors (Lipinski definition) is 2. The first-order valence-corrected chi connectivity index (χ1v) is 7.30. The second kappa shape index (κ2) is 8.06. The summed E-state index contributed by atoms with van der Waals surface area (Å²) in [5.41, 5.74) is 0. The number of aliphatic hydroxyl groups is 1. The highest BCUT2D eigenvalue weighted by molar-refractivity contribution is 4.82. The maximum Gasteiger partial charge on any atom is 0.0584 e. The largest absolute Gasteiger partial charge is 0.395 e. The molecule has 102 valence electrons. The van der Waals surface area contributed by atoms with Gasteiger partial charge in [0.15, 0.2) is 0 Å². The Morgan fingerprint density at radius 3 is 2.76 bits per heavy atom. The van der Waals surface area contributed by atoms with Crippen molar-refractivity contribution in [3.63, 3.8) is 0 Å². The molecular formula is C14H30N2O. The molecule has 1 saturated heterocycles. The van der Waals surface area contributed by atoms with Crippen LogP contribution in [0.5, 0.6) is 0 Å². The van der Waals surface area contributed by atoms with E-state index < -0.39 is 0 Å². The molecule has 3 nitrogen and oxygen atoms in total. The number of piperidine rings is 1. The number of likely N-dealkylation sites (tertiary alicyclic amines) is 1. The van der Waals surface area contributed by atoms with Crippen molar-refractivity contribution in [3.05, 3.63) is 0 Å². The molecule has 1 aliphatic heterocycles. The summed E-state index contributed by atoms with van der Waals surface area (Å²) in [7, 11) is 0. The van der Waals surface area contributed by atoms with Gasteiger partial charge in [0.2, 0.25) is 0 Å². The summed E-state index contributed by atoms with van der Waals surface area (Å²) in [5, 5.41) is 12.8. The van der Waals surface area contributed by atoms with E-state index in [0.717, 1.165) is 12.3 Å². The quantitative estimate of drug-likeness (QED) is 0.715. The van der Waals surface area contributed by atoms with Crippen molar-refractivity contribution < 1.29 is 5.11 Å². The zero-order valence-corrected chi connectivity index (χ0v) is 11.8. The van der Waals surface area contributed by atoms with Crippen molar-refractivity contribution in [3.8, 4) is 0 Å². The molecule has 0 aromatic rings. The summed E-state index contributed by atoms with van der Waals surface area (Å²) < 4.78 is 0. The molecule has 3 atom stereocenters. The Hall–Kier alpha value is -0.120. The Kier molecular flexibility index (Phi) is 7.09. The van der Waals surface area contributed by atoms with Crippen LogP contribution in [0.25, 0.3) is 0 Å². The number of nitrogens with zero attached hydrogens (tertiary/aromatic N) is 1. The molecule has 0 aliphatic carbocycles. The van der Waals surface area contributed by atoms with Gasteiger partial charge in [-0.25, -0.2) is 0 Å². The van der Waals surface area contributed by atoms with Gasteiger partial charge in [-0.1, -0.05) is 13.8 Å². The predicted octanol–water partition coefficient (Wildman–Crippen LogP) is 1.86. The van der Waals surface area contributed by atoms with Gasteiger partial charge in [0.1, 0.15) is 0 Å². The first kappa shape index (κ1) is 14.9. The molecule has 0 spiro atoms. The predicted molar refractivity (Wildman–Crippen MR) is 73.2 cm³/mol. The van der Waals surface area contributed by atoms with E-state index in [9.17, 15) is 5.11 Å². The van der Waals surface area contributed by atoms with E-state index in [-0.39, 0.29) is 12.6 Å². The Balaban J connectivity index is 2.37. The molecule has 17 heavy (non-hydrogen) atoms. The number of nitrogens with one attached hydrogen (secondary N) is 1. The third-order valence-electron chi connectivity index (χ3n) is 4.00. The van der Waals surface area contributed by atoms with Crippen LogP contribution in [0.4, 0.5) is 0 Å². The van der Waals surface area contributed by atoms with Crippen LogP contribution in [0.1, 0.15) is 46.5 Å². The molecule has 1 rings (SSSR count). The summed E-state index contributed by atoms with van der Waals surface area (Å²) in [6.45, 7) is 10.7. The van der Waals surface area contributed by atoms with Crippen molar-refractivity contribution in [2.24, 2.45) is 5.92 Å².